The van der Waals surface area contributed by atoms with Gasteiger partial charge < -0.3 is 14.8 Å². The summed E-state index contributed by atoms with van der Waals surface area (Å²) < 4.78 is 24.7. The summed E-state index contributed by atoms with van der Waals surface area (Å²) in [4.78, 5) is 0. The van der Waals surface area contributed by atoms with E-state index < -0.39 is 5.82 Å². The Labute approximate surface area is 113 Å². The Kier molecular flexibility index (Phi) is 4.53. The molecule has 0 saturated carbocycles. The highest BCUT2D eigenvalue weighted by Crippen LogP contribution is 2.26. The van der Waals surface area contributed by atoms with E-state index in [9.17, 15) is 4.39 Å². The Morgan fingerprint density at radius 2 is 2.33 bits per heavy atom. The van der Waals surface area contributed by atoms with Gasteiger partial charge in [-0.25, -0.2) is 4.39 Å². The van der Waals surface area contributed by atoms with Crippen molar-refractivity contribution in [3.05, 3.63) is 28.0 Å². The van der Waals surface area contributed by atoms with E-state index in [1.807, 2.05) is 6.07 Å². The maximum atomic E-state index is 13.9. The molecular formula is C12H12BrFN2O2. The Bertz CT molecular complexity index is 470. The average molecular weight is 315 g/mol. The molecule has 4 nitrogen and oxygen atoms in total. The smallest absolute Gasteiger partial charge is 0.161 e. The molecule has 1 heterocycles. The van der Waals surface area contributed by atoms with E-state index in [1.165, 1.54) is 0 Å². The van der Waals surface area contributed by atoms with Crippen molar-refractivity contribution in [3.63, 3.8) is 0 Å². The van der Waals surface area contributed by atoms with Gasteiger partial charge in [-0.3, -0.25) is 0 Å². The van der Waals surface area contributed by atoms with Crippen LogP contribution in [0.25, 0.3) is 0 Å². The minimum Gasteiger partial charge on any atom is -0.380 e. The summed E-state index contributed by atoms with van der Waals surface area (Å²) in [5.74, 6) is -0.467. The SMILES string of the molecule is N#Cc1ccc(NCC2COCCO2)c(F)c1Br. The molecule has 96 valence electrons. The lowest BCUT2D eigenvalue weighted by atomic mass is 10.2. The molecule has 1 fully saturated rings. The average Bonchev–Trinajstić information content (AvgIpc) is 2.42. The van der Waals surface area contributed by atoms with Crippen molar-refractivity contribution in [2.75, 3.05) is 31.7 Å². The number of rotatable bonds is 3. The predicted octanol–water partition coefficient (Wildman–Crippen LogP) is 2.29. The van der Waals surface area contributed by atoms with Crippen LogP contribution >= 0.6 is 15.9 Å². The molecule has 0 aliphatic carbocycles. The van der Waals surface area contributed by atoms with Crippen LogP contribution in [0.4, 0.5) is 10.1 Å². The Hall–Kier alpha value is -1.16. The van der Waals surface area contributed by atoms with Gasteiger partial charge in [-0.15, -0.1) is 0 Å². The first kappa shape index (κ1) is 13.3. The summed E-state index contributed by atoms with van der Waals surface area (Å²) in [6, 6.07) is 5.02. The summed E-state index contributed by atoms with van der Waals surface area (Å²) >= 11 is 3.06. The largest absolute Gasteiger partial charge is 0.380 e. The molecule has 1 saturated heterocycles. The van der Waals surface area contributed by atoms with Crippen LogP contribution in [0.2, 0.25) is 0 Å². The maximum Gasteiger partial charge on any atom is 0.161 e. The first-order chi connectivity index (χ1) is 8.72. The van der Waals surface area contributed by atoms with Crippen LogP contribution in [0.5, 0.6) is 0 Å². The van der Waals surface area contributed by atoms with Crippen LogP contribution < -0.4 is 5.32 Å². The molecule has 0 aromatic heterocycles. The van der Waals surface area contributed by atoms with Gasteiger partial charge in [0.05, 0.1) is 41.6 Å². The monoisotopic (exact) mass is 314 g/mol. The lowest BCUT2D eigenvalue weighted by Crippen LogP contribution is -2.34. The Morgan fingerprint density at radius 3 is 3.00 bits per heavy atom. The fourth-order valence-electron chi connectivity index (χ4n) is 1.65. The molecule has 1 aliphatic rings. The van der Waals surface area contributed by atoms with Gasteiger partial charge in [-0.2, -0.15) is 5.26 Å². The van der Waals surface area contributed by atoms with Crippen molar-refractivity contribution < 1.29 is 13.9 Å². The molecule has 1 unspecified atom stereocenters. The van der Waals surface area contributed by atoms with E-state index in [4.69, 9.17) is 14.7 Å². The number of anilines is 1. The van der Waals surface area contributed by atoms with E-state index in [2.05, 4.69) is 21.2 Å². The fourth-order valence-corrected chi connectivity index (χ4v) is 2.08. The second kappa shape index (κ2) is 6.14. The van der Waals surface area contributed by atoms with Gasteiger partial charge in [0.1, 0.15) is 6.07 Å². The Balaban J connectivity index is 2.01. The molecule has 1 aliphatic heterocycles. The minimum atomic E-state index is -0.467. The quantitative estimate of drug-likeness (QED) is 0.930. The van der Waals surface area contributed by atoms with Gasteiger partial charge in [-0.05, 0) is 28.1 Å². The van der Waals surface area contributed by atoms with Crippen LogP contribution in [0, 0.1) is 17.1 Å². The first-order valence-electron chi connectivity index (χ1n) is 5.53. The van der Waals surface area contributed by atoms with Crippen LogP contribution in [-0.2, 0) is 9.47 Å². The topological polar surface area (TPSA) is 54.3 Å². The highest BCUT2D eigenvalue weighted by Gasteiger charge is 2.16. The van der Waals surface area contributed by atoms with Crippen molar-refractivity contribution >= 4 is 21.6 Å². The molecule has 1 atom stereocenters. The van der Waals surface area contributed by atoms with E-state index in [1.54, 1.807) is 12.1 Å². The summed E-state index contributed by atoms with van der Waals surface area (Å²) in [7, 11) is 0. The molecule has 18 heavy (non-hydrogen) atoms. The molecule has 2 rings (SSSR count). The molecule has 0 spiro atoms. The number of nitrogens with one attached hydrogen (secondary N) is 1. The summed E-state index contributed by atoms with van der Waals surface area (Å²) in [5.41, 5.74) is 0.616. The van der Waals surface area contributed by atoms with Crippen molar-refractivity contribution in [1.29, 1.82) is 5.26 Å². The van der Waals surface area contributed by atoms with Gasteiger partial charge >= 0.3 is 0 Å². The van der Waals surface area contributed by atoms with Gasteiger partial charge in [0.25, 0.3) is 0 Å². The van der Waals surface area contributed by atoms with Crippen molar-refractivity contribution in [2.24, 2.45) is 0 Å². The first-order valence-corrected chi connectivity index (χ1v) is 6.33. The lowest BCUT2D eigenvalue weighted by Gasteiger charge is -2.23. The summed E-state index contributed by atoms with van der Waals surface area (Å²) in [6.07, 6.45) is -0.0763. The molecule has 0 radical (unpaired) electrons. The number of hydrogen-bond acceptors (Lipinski definition) is 4. The molecule has 1 aromatic rings. The van der Waals surface area contributed by atoms with Gasteiger partial charge in [0, 0.05) is 6.54 Å². The van der Waals surface area contributed by atoms with Crippen molar-refractivity contribution in [2.45, 2.75) is 6.10 Å². The van der Waals surface area contributed by atoms with Gasteiger partial charge in [0.2, 0.25) is 0 Å². The highest BCUT2D eigenvalue weighted by atomic mass is 79.9. The molecule has 6 heteroatoms. The van der Waals surface area contributed by atoms with Crippen LogP contribution in [0.15, 0.2) is 16.6 Å². The third kappa shape index (κ3) is 2.99. The standard InChI is InChI=1S/C12H12BrFN2O2/c13-11-8(5-15)1-2-10(12(11)14)16-6-9-7-17-3-4-18-9/h1-2,9,16H,3-4,6-7H2. The van der Waals surface area contributed by atoms with Gasteiger partial charge in [0.15, 0.2) is 5.82 Å². The van der Waals surface area contributed by atoms with E-state index >= 15 is 0 Å². The number of halogens is 2. The zero-order valence-corrected chi connectivity index (χ0v) is 11.2. The maximum absolute atomic E-state index is 13.9. The van der Waals surface area contributed by atoms with E-state index in [0.717, 1.165) is 0 Å². The zero-order valence-electron chi connectivity index (χ0n) is 9.58. The molecule has 0 amide bonds. The minimum absolute atomic E-state index is 0.0763. The summed E-state index contributed by atoms with van der Waals surface area (Å²) in [5, 5.41) is 11.7. The molecule has 1 aromatic carbocycles. The van der Waals surface area contributed by atoms with E-state index in [-0.39, 0.29) is 16.1 Å². The number of hydrogen-bond donors (Lipinski definition) is 1. The third-order valence-corrected chi connectivity index (χ3v) is 3.38. The Morgan fingerprint density at radius 1 is 1.50 bits per heavy atom. The number of nitrogens with zero attached hydrogens (tertiary/aromatic N) is 1. The summed E-state index contributed by atoms with van der Waals surface area (Å²) in [6.45, 7) is 2.14. The molecule has 0 bridgehead atoms. The van der Waals surface area contributed by atoms with Gasteiger partial charge in [-0.1, -0.05) is 0 Å². The normalized spacial score (nSPS) is 19.3. The number of benzene rings is 1. The fraction of sp³-hybridized carbons (Fsp3) is 0.417. The molecule has 1 N–H and O–H groups in total. The van der Waals surface area contributed by atoms with Crippen LogP contribution in [-0.4, -0.2) is 32.5 Å². The third-order valence-electron chi connectivity index (χ3n) is 2.61. The predicted molar refractivity (Wildman–Crippen MR) is 67.9 cm³/mol. The highest BCUT2D eigenvalue weighted by molar-refractivity contribution is 9.10. The lowest BCUT2D eigenvalue weighted by molar-refractivity contribution is -0.0819. The second-order valence-electron chi connectivity index (χ2n) is 3.85. The number of nitriles is 1. The van der Waals surface area contributed by atoms with E-state index in [0.29, 0.717) is 32.1 Å². The zero-order chi connectivity index (χ0) is 13.0. The number of ether oxygens (including phenoxy) is 2. The van der Waals surface area contributed by atoms with Crippen molar-refractivity contribution in [1.82, 2.24) is 0 Å². The van der Waals surface area contributed by atoms with Crippen LogP contribution in [0.1, 0.15) is 5.56 Å². The van der Waals surface area contributed by atoms with Crippen molar-refractivity contribution in [3.8, 4) is 6.07 Å². The van der Waals surface area contributed by atoms with Crippen LogP contribution in [0.3, 0.4) is 0 Å². The second-order valence-corrected chi connectivity index (χ2v) is 4.64. The molecular weight excluding hydrogens is 303 g/mol.